The van der Waals surface area contributed by atoms with Gasteiger partial charge in [-0.1, -0.05) is 11.6 Å². The van der Waals surface area contributed by atoms with Gasteiger partial charge in [-0.05, 0) is 62.3 Å². The third-order valence-corrected chi connectivity index (χ3v) is 9.10. The average molecular weight is 584 g/mol. The van der Waals surface area contributed by atoms with Crippen molar-refractivity contribution in [2.24, 2.45) is 4.99 Å². The molecular formula is C29H28ClF2N5O2S. The SMILES string of the molecule is CN1CC[C@H](N2CCCc3cc(Cl)cc(C4=C=C=Nc5cc(Cn6c(=O)ccn(CCC(F)F)c6=O)sc54)c32)C1. The first kappa shape index (κ1) is 26.9. The van der Waals surface area contributed by atoms with Gasteiger partial charge in [0, 0.05) is 71.4 Å². The van der Waals surface area contributed by atoms with Crippen molar-refractivity contribution < 1.29 is 8.78 Å². The van der Waals surface area contributed by atoms with E-state index in [0.717, 1.165) is 68.9 Å². The third-order valence-electron chi connectivity index (χ3n) is 7.75. The fourth-order valence-corrected chi connectivity index (χ4v) is 7.22. The van der Waals surface area contributed by atoms with Gasteiger partial charge in [-0.25, -0.2) is 13.6 Å². The lowest BCUT2D eigenvalue weighted by Gasteiger charge is -2.38. The van der Waals surface area contributed by atoms with Gasteiger partial charge in [0.2, 0.25) is 6.43 Å². The van der Waals surface area contributed by atoms with E-state index < -0.39 is 24.1 Å². The van der Waals surface area contributed by atoms with Gasteiger partial charge in [0.25, 0.3) is 5.56 Å². The first-order valence-electron chi connectivity index (χ1n) is 13.4. The molecule has 40 heavy (non-hydrogen) atoms. The van der Waals surface area contributed by atoms with Crippen LogP contribution in [0.25, 0.3) is 5.57 Å². The molecule has 1 fully saturated rings. The Morgan fingerprint density at radius 1 is 1.23 bits per heavy atom. The minimum absolute atomic E-state index is 0.0157. The van der Waals surface area contributed by atoms with Crippen molar-refractivity contribution >= 4 is 45.8 Å². The Kier molecular flexibility index (Phi) is 7.38. The van der Waals surface area contributed by atoms with Crippen LogP contribution < -0.4 is 16.1 Å². The Bertz CT molecular complexity index is 1700. The second kappa shape index (κ2) is 11.0. The molecule has 0 aliphatic carbocycles. The molecule has 3 aliphatic rings. The first-order valence-corrected chi connectivity index (χ1v) is 14.6. The van der Waals surface area contributed by atoms with Gasteiger partial charge in [-0.2, -0.15) is 4.99 Å². The van der Waals surface area contributed by atoms with Gasteiger partial charge in [-0.3, -0.25) is 9.36 Å². The minimum atomic E-state index is -2.53. The van der Waals surface area contributed by atoms with Crippen molar-refractivity contribution in [2.45, 2.75) is 51.2 Å². The van der Waals surface area contributed by atoms with Gasteiger partial charge in [-0.15, -0.1) is 11.3 Å². The minimum Gasteiger partial charge on any atom is -0.366 e. The maximum atomic E-state index is 12.9. The smallest absolute Gasteiger partial charge is 0.331 e. The summed E-state index contributed by atoms with van der Waals surface area (Å²) in [5.74, 6) is 2.91. The second-order valence-corrected chi connectivity index (χ2v) is 12.1. The summed E-state index contributed by atoms with van der Waals surface area (Å²) in [4.78, 5) is 36.4. The molecule has 1 saturated heterocycles. The van der Waals surface area contributed by atoms with Crippen LogP contribution in [0.4, 0.5) is 20.2 Å². The number of thiophene rings is 1. The van der Waals surface area contributed by atoms with Crippen molar-refractivity contribution in [2.75, 3.05) is 31.6 Å². The largest absolute Gasteiger partial charge is 0.366 e. The zero-order chi connectivity index (χ0) is 28.0. The first-order chi connectivity index (χ1) is 19.3. The van der Waals surface area contributed by atoms with E-state index in [9.17, 15) is 18.4 Å². The molecule has 11 heteroatoms. The van der Waals surface area contributed by atoms with Crippen molar-refractivity contribution in [1.82, 2.24) is 14.0 Å². The van der Waals surface area contributed by atoms with E-state index in [1.807, 2.05) is 12.1 Å². The predicted octanol–water partition coefficient (Wildman–Crippen LogP) is 4.79. The Labute approximate surface area is 238 Å². The van der Waals surface area contributed by atoms with E-state index in [-0.39, 0.29) is 13.1 Å². The number of fused-ring (bicyclic) bond motifs is 2. The second-order valence-electron chi connectivity index (χ2n) is 10.5. The number of nitrogens with zero attached hydrogens (tertiary/aromatic N) is 5. The number of alkyl halides is 2. The van der Waals surface area contributed by atoms with Gasteiger partial charge >= 0.3 is 5.69 Å². The molecule has 208 valence electrons. The molecule has 0 bridgehead atoms. The highest BCUT2D eigenvalue weighted by Crippen LogP contribution is 2.45. The molecule has 7 nitrogen and oxygen atoms in total. The summed E-state index contributed by atoms with van der Waals surface area (Å²) in [5.41, 5.74) is 7.06. The lowest BCUT2D eigenvalue weighted by molar-refractivity contribution is 0.130. The van der Waals surface area contributed by atoms with Crippen LogP contribution in [0.15, 0.2) is 50.8 Å². The van der Waals surface area contributed by atoms with Gasteiger partial charge in [0.15, 0.2) is 0 Å². The molecule has 0 N–H and O–H groups in total. The van der Waals surface area contributed by atoms with Crippen LogP contribution in [-0.2, 0) is 19.5 Å². The number of hydrogen-bond donors (Lipinski definition) is 0. The monoisotopic (exact) mass is 583 g/mol. The summed E-state index contributed by atoms with van der Waals surface area (Å²) in [6.07, 6.45) is 1.40. The Morgan fingerprint density at radius 2 is 2.08 bits per heavy atom. The summed E-state index contributed by atoms with van der Waals surface area (Å²) in [7, 11) is 2.15. The van der Waals surface area contributed by atoms with Crippen LogP contribution in [0.2, 0.25) is 5.02 Å². The Morgan fingerprint density at radius 3 is 2.85 bits per heavy atom. The number of rotatable bonds is 7. The Hall–Kier alpha value is -3.26. The topological polar surface area (TPSA) is 62.8 Å². The number of halogens is 3. The number of hydrogen-bond acceptors (Lipinski definition) is 6. The van der Waals surface area contributed by atoms with Crippen LogP contribution in [0.3, 0.4) is 0 Å². The molecule has 0 saturated carbocycles. The van der Waals surface area contributed by atoms with Crippen LogP contribution in [-0.4, -0.2) is 59.1 Å². The van der Waals surface area contributed by atoms with E-state index in [0.29, 0.717) is 16.8 Å². The van der Waals surface area contributed by atoms with Crippen LogP contribution in [0.5, 0.6) is 0 Å². The number of benzene rings is 1. The molecule has 6 rings (SSSR count). The van der Waals surface area contributed by atoms with Crippen molar-refractivity contribution in [3.8, 4) is 0 Å². The molecule has 3 aromatic rings. The van der Waals surface area contributed by atoms with Gasteiger partial charge in [0.1, 0.15) is 0 Å². The molecule has 1 atom stereocenters. The average Bonchev–Trinajstić information content (AvgIpc) is 3.55. The summed E-state index contributed by atoms with van der Waals surface area (Å²) in [6, 6.07) is 7.55. The summed E-state index contributed by atoms with van der Waals surface area (Å²) in [6.45, 7) is 2.90. The Balaban J connectivity index is 1.37. The van der Waals surface area contributed by atoms with E-state index in [1.54, 1.807) is 0 Å². The van der Waals surface area contributed by atoms with E-state index in [1.165, 1.54) is 34.9 Å². The number of likely N-dealkylation sites (N-methyl/N-ethyl adjacent to an activating group) is 1. The molecule has 1 aromatic carbocycles. The molecule has 5 heterocycles. The van der Waals surface area contributed by atoms with Gasteiger partial charge < -0.3 is 14.4 Å². The van der Waals surface area contributed by atoms with Crippen molar-refractivity contribution in [3.63, 3.8) is 0 Å². The molecule has 0 amide bonds. The lowest BCUT2D eigenvalue weighted by Crippen LogP contribution is -2.41. The van der Waals surface area contributed by atoms with Crippen LogP contribution in [0.1, 0.15) is 40.1 Å². The molecular weight excluding hydrogens is 556 g/mol. The molecule has 0 radical (unpaired) electrons. The maximum Gasteiger partial charge on any atom is 0.331 e. The van der Waals surface area contributed by atoms with E-state index in [2.05, 4.69) is 39.5 Å². The van der Waals surface area contributed by atoms with E-state index >= 15 is 0 Å². The maximum absolute atomic E-state index is 12.9. The standard InChI is InChI=1S/C29H28ClF2N5O2S/c1-34-10-5-20(16-34)36-9-2-3-18-13-19(30)14-23(27(18)36)22-4-8-33-24-15-21(40-28(22)24)17-37-26(38)7-12-35(29(37)39)11-6-25(31)32/h7,12-15,20,25H,2-3,5-6,9-11,16-17H2,1H3/t20-/m0/s1. The van der Waals surface area contributed by atoms with Crippen LogP contribution in [0, 0.1) is 0 Å². The zero-order valence-corrected chi connectivity index (χ0v) is 23.6. The van der Waals surface area contributed by atoms with E-state index in [4.69, 9.17) is 11.6 Å². The normalized spacial score (nSPS) is 18.4. The fourth-order valence-electron chi connectivity index (χ4n) is 5.89. The number of aryl methyl sites for hydroxylation is 2. The highest BCUT2D eigenvalue weighted by molar-refractivity contribution is 7.13. The summed E-state index contributed by atoms with van der Waals surface area (Å²) < 4.78 is 27.7. The highest BCUT2D eigenvalue weighted by Gasteiger charge is 2.32. The lowest BCUT2D eigenvalue weighted by atomic mass is 9.91. The quantitative estimate of drug-likeness (QED) is 0.294. The predicted molar refractivity (Wildman–Crippen MR) is 155 cm³/mol. The summed E-state index contributed by atoms with van der Waals surface area (Å²) >= 11 is 8.07. The number of aromatic nitrogens is 2. The number of likely N-dealkylation sites (tertiary alicyclic amines) is 1. The molecule has 2 aromatic heterocycles. The molecule has 0 spiro atoms. The molecule has 3 aliphatic heterocycles. The number of aliphatic imine (C=N–C) groups is 1. The number of anilines is 1. The van der Waals surface area contributed by atoms with Crippen LogP contribution >= 0.6 is 22.9 Å². The molecule has 0 unspecified atom stereocenters. The fraction of sp³-hybridized carbons (Fsp3) is 0.414. The van der Waals surface area contributed by atoms with Gasteiger partial charge in [0.05, 0.1) is 22.7 Å². The third kappa shape index (κ3) is 5.14. The highest BCUT2D eigenvalue weighted by atomic mass is 35.5. The van der Waals surface area contributed by atoms with Crippen molar-refractivity contribution in [3.05, 3.63) is 82.9 Å². The zero-order valence-electron chi connectivity index (χ0n) is 22.0. The summed E-state index contributed by atoms with van der Waals surface area (Å²) in [5, 5.41) is 0.662. The van der Waals surface area contributed by atoms with Crippen molar-refractivity contribution in [1.29, 1.82) is 0 Å².